The first kappa shape index (κ1) is 12.7. The number of nitrogens with zero attached hydrogens (tertiary/aromatic N) is 2. The van der Waals surface area contributed by atoms with Gasteiger partial charge in [-0.2, -0.15) is 0 Å². The fraction of sp³-hybridized carbons (Fsp3) is 0.714. The summed E-state index contributed by atoms with van der Waals surface area (Å²) in [6.07, 6.45) is 4.83. The van der Waals surface area contributed by atoms with Gasteiger partial charge in [0.1, 0.15) is 11.6 Å². The van der Waals surface area contributed by atoms with E-state index in [-0.39, 0.29) is 5.56 Å². The number of H-pyrrole nitrogens is 1. The zero-order chi connectivity index (χ0) is 13.2. The smallest absolute Gasteiger partial charge is 0.252 e. The molecule has 2 fully saturated rings. The van der Waals surface area contributed by atoms with Crippen LogP contribution in [0.2, 0.25) is 0 Å². The summed E-state index contributed by atoms with van der Waals surface area (Å²) in [6, 6.07) is 1.57. The molecule has 1 atom stereocenters. The molecule has 0 amide bonds. The minimum Gasteiger partial charge on any atom is -0.370 e. The third-order valence-electron chi connectivity index (χ3n) is 4.02. The summed E-state index contributed by atoms with van der Waals surface area (Å²) in [5.74, 6) is 2.73. The second kappa shape index (κ2) is 5.33. The van der Waals surface area contributed by atoms with E-state index in [1.807, 2.05) is 0 Å². The van der Waals surface area contributed by atoms with E-state index < -0.39 is 0 Å². The monoisotopic (exact) mass is 262 g/mol. The van der Waals surface area contributed by atoms with Gasteiger partial charge in [-0.25, -0.2) is 4.98 Å². The quantitative estimate of drug-likeness (QED) is 0.861. The lowest BCUT2D eigenvalue weighted by atomic mass is 9.98. The summed E-state index contributed by atoms with van der Waals surface area (Å²) in [5.41, 5.74) is -0.0415. The van der Waals surface area contributed by atoms with Gasteiger partial charge < -0.3 is 15.2 Å². The van der Waals surface area contributed by atoms with Gasteiger partial charge in [0.15, 0.2) is 0 Å². The molecule has 0 bridgehead atoms. The number of hydrogen-bond donors (Lipinski definition) is 2. The normalized spacial score (nSPS) is 24.4. The van der Waals surface area contributed by atoms with Crippen molar-refractivity contribution in [1.82, 2.24) is 14.9 Å². The van der Waals surface area contributed by atoms with E-state index in [0.29, 0.717) is 11.8 Å². The Bertz CT molecular complexity index is 494. The van der Waals surface area contributed by atoms with Crippen molar-refractivity contribution in [2.24, 2.45) is 5.92 Å². The molecule has 5 nitrogen and oxygen atoms in total. The van der Waals surface area contributed by atoms with Crippen LogP contribution in [-0.2, 0) is 0 Å². The molecule has 2 heterocycles. The average molecular weight is 262 g/mol. The molecule has 0 aromatic carbocycles. The van der Waals surface area contributed by atoms with Crippen LogP contribution in [0.25, 0.3) is 0 Å². The van der Waals surface area contributed by atoms with Crippen molar-refractivity contribution in [3.8, 4) is 0 Å². The molecule has 104 valence electrons. The van der Waals surface area contributed by atoms with Crippen LogP contribution in [0.15, 0.2) is 10.9 Å². The zero-order valence-corrected chi connectivity index (χ0v) is 11.5. The topological polar surface area (TPSA) is 61.0 Å². The number of piperidine rings is 1. The third kappa shape index (κ3) is 3.35. The van der Waals surface area contributed by atoms with Crippen molar-refractivity contribution in [1.29, 1.82) is 0 Å². The summed E-state index contributed by atoms with van der Waals surface area (Å²) in [4.78, 5) is 21.3. The Hall–Kier alpha value is -1.36. The molecule has 2 N–H and O–H groups in total. The minimum absolute atomic E-state index is 0.0415. The van der Waals surface area contributed by atoms with Gasteiger partial charge in [0.2, 0.25) is 0 Å². The van der Waals surface area contributed by atoms with Crippen molar-refractivity contribution >= 4 is 5.82 Å². The molecule has 2 aliphatic rings. The summed E-state index contributed by atoms with van der Waals surface area (Å²) in [5, 5.41) is 3.34. The number of aromatic amines is 1. The fourth-order valence-corrected chi connectivity index (χ4v) is 2.81. The van der Waals surface area contributed by atoms with E-state index in [1.165, 1.54) is 19.4 Å². The highest BCUT2D eigenvalue weighted by molar-refractivity contribution is 5.34. The highest BCUT2D eigenvalue weighted by Gasteiger charge is 2.26. The van der Waals surface area contributed by atoms with Gasteiger partial charge in [0, 0.05) is 25.1 Å². The van der Waals surface area contributed by atoms with Gasteiger partial charge in [-0.3, -0.25) is 4.79 Å². The Labute approximate surface area is 113 Å². The van der Waals surface area contributed by atoms with Gasteiger partial charge in [-0.15, -0.1) is 0 Å². The standard InChI is InChI=1S/C14H22N4O/c1-18-6-2-3-10(9-18)8-15-12-7-13(19)17-14(16-12)11-4-5-11/h7,10-11H,2-6,8-9H2,1H3,(H2,15,16,17,19). The molecule has 1 aliphatic carbocycles. The van der Waals surface area contributed by atoms with Gasteiger partial charge in [-0.05, 0) is 45.2 Å². The summed E-state index contributed by atoms with van der Waals surface area (Å²) < 4.78 is 0. The zero-order valence-electron chi connectivity index (χ0n) is 11.5. The van der Waals surface area contributed by atoms with Crippen LogP contribution in [0, 0.1) is 5.92 Å². The molecule has 19 heavy (non-hydrogen) atoms. The van der Waals surface area contributed by atoms with Crippen LogP contribution in [-0.4, -0.2) is 41.5 Å². The maximum Gasteiger partial charge on any atom is 0.252 e. The Balaban J connectivity index is 1.61. The van der Waals surface area contributed by atoms with E-state index in [4.69, 9.17) is 0 Å². The largest absolute Gasteiger partial charge is 0.370 e. The number of nitrogens with one attached hydrogen (secondary N) is 2. The summed E-state index contributed by atoms with van der Waals surface area (Å²) in [6.45, 7) is 3.24. The molecular formula is C14H22N4O. The molecule has 5 heteroatoms. The second-order valence-corrected chi connectivity index (χ2v) is 5.94. The molecule has 1 saturated carbocycles. The molecule has 0 spiro atoms. The van der Waals surface area contributed by atoms with Crippen LogP contribution in [0.3, 0.4) is 0 Å². The third-order valence-corrected chi connectivity index (χ3v) is 4.02. The van der Waals surface area contributed by atoms with E-state index in [1.54, 1.807) is 6.07 Å². The highest BCUT2D eigenvalue weighted by Crippen LogP contribution is 2.37. The summed E-state index contributed by atoms with van der Waals surface area (Å²) in [7, 11) is 2.17. The first-order valence-electron chi connectivity index (χ1n) is 7.24. The first-order chi connectivity index (χ1) is 9.20. The lowest BCUT2D eigenvalue weighted by molar-refractivity contribution is 0.217. The molecule has 1 unspecified atom stereocenters. The van der Waals surface area contributed by atoms with Crippen molar-refractivity contribution < 1.29 is 0 Å². The van der Waals surface area contributed by atoms with Gasteiger partial charge in [-0.1, -0.05) is 0 Å². The molecule has 3 rings (SSSR count). The van der Waals surface area contributed by atoms with Gasteiger partial charge >= 0.3 is 0 Å². The van der Waals surface area contributed by atoms with Crippen molar-refractivity contribution in [2.75, 3.05) is 32.0 Å². The highest BCUT2D eigenvalue weighted by atomic mass is 16.1. The van der Waals surface area contributed by atoms with E-state index in [0.717, 1.165) is 37.6 Å². The molecule has 1 aromatic heterocycles. The molecule has 1 aromatic rings. The Morgan fingerprint density at radius 2 is 2.32 bits per heavy atom. The lowest BCUT2D eigenvalue weighted by Crippen LogP contribution is -2.35. The molecule has 1 saturated heterocycles. The van der Waals surface area contributed by atoms with Crippen molar-refractivity contribution in [2.45, 2.75) is 31.6 Å². The number of hydrogen-bond acceptors (Lipinski definition) is 4. The van der Waals surface area contributed by atoms with E-state index >= 15 is 0 Å². The number of anilines is 1. The first-order valence-corrected chi connectivity index (χ1v) is 7.24. The van der Waals surface area contributed by atoms with Gasteiger partial charge in [0.05, 0.1) is 0 Å². The van der Waals surface area contributed by atoms with E-state index in [9.17, 15) is 4.79 Å². The SMILES string of the molecule is CN1CCCC(CNc2cc(=O)[nH]c(C3CC3)n2)C1. The van der Waals surface area contributed by atoms with Gasteiger partial charge in [0.25, 0.3) is 5.56 Å². The second-order valence-electron chi connectivity index (χ2n) is 5.94. The minimum atomic E-state index is -0.0415. The van der Waals surface area contributed by atoms with Crippen LogP contribution in [0.4, 0.5) is 5.82 Å². The lowest BCUT2D eigenvalue weighted by Gasteiger charge is -2.29. The van der Waals surface area contributed by atoms with Crippen LogP contribution >= 0.6 is 0 Å². The fourth-order valence-electron chi connectivity index (χ4n) is 2.81. The number of rotatable bonds is 4. The Kier molecular flexibility index (Phi) is 3.55. The number of likely N-dealkylation sites (tertiary alicyclic amines) is 1. The average Bonchev–Trinajstić information content (AvgIpc) is 3.20. The van der Waals surface area contributed by atoms with Crippen LogP contribution in [0.1, 0.15) is 37.4 Å². The molecular weight excluding hydrogens is 240 g/mol. The predicted molar refractivity (Wildman–Crippen MR) is 75.5 cm³/mol. The predicted octanol–water partition coefficient (Wildman–Crippen LogP) is 1.40. The molecule has 0 radical (unpaired) electrons. The Morgan fingerprint density at radius 1 is 1.47 bits per heavy atom. The van der Waals surface area contributed by atoms with E-state index in [2.05, 4.69) is 27.2 Å². The van der Waals surface area contributed by atoms with Crippen LogP contribution in [0.5, 0.6) is 0 Å². The van der Waals surface area contributed by atoms with Crippen molar-refractivity contribution in [3.05, 3.63) is 22.2 Å². The maximum absolute atomic E-state index is 11.6. The van der Waals surface area contributed by atoms with Crippen LogP contribution < -0.4 is 10.9 Å². The number of aromatic nitrogens is 2. The maximum atomic E-state index is 11.6. The Morgan fingerprint density at radius 3 is 3.05 bits per heavy atom. The summed E-state index contributed by atoms with van der Waals surface area (Å²) >= 11 is 0. The van der Waals surface area contributed by atoms with Crippen molar-refractivity contribution in [3.63, 3.8) is 0 Å². The molecule has 1 aliphatic heterocycles.